The Bertz CT molecular complexity index is 406. The Morgan fingerprint density at radius 3 is 2.17 bits per heavy atom. The summed E-state index contributed by atoms with van der Waals surface area (Å²) < 4.78 is 4.79. The largest absolute Gasteiger partial charge is 0.462 e. The van der Waals surface area contributed by atoms with E-state index in [1.165, 1.54) is 0 Å². The summed E-state index contributed by atoms with van der Waals surface area (Å²) in [4.78, 5) is 20.9. The number of carbonyl (C=O) groups excluding carboxylic acids is 2. The van der Waals surface area contributed by atoms with E-state index in [0.29, 0.717) is 24.3 Å². The van der Waals surface area contributed by atoms with Gasteiger partial charge in [0, 0.05) is 12.1 Å². The number of hydrogen-bond donors (Lipinski definition) is 2. The predicted octanol–water partition coefficient (Wildman–Crippen LogP) is 1.15. The molecule has 1 aliphatic carbocycles. The molecule has 6 heteroatoms. The Kier molecular flexibility index (Phi) is 7.00. The molecule has 0 saturated heterocycles. The van der Waals surface area contributed by atoms with Gasteiger partial charge < -0.3 is 16.2 Å². The van der Waals surface area contributed by atoms with Crippen LogP contribution in [0.1, 0.15) is 23.7 Å². The van der Waals surface area contributed by atoms with E-state index in [9.17, 15) is 9.59 Å². The van der Waals surface area contributed by atoms with E-state index in [4.69, 9.17) is 16.2 Å². The smallest absolute Gasteiger partial charge is 0.338 e. The number of nitrogen functional groups attached to an aromatic ring is 1. The maximum Gasteiger partial charge on any atom is 0.338 e. The molecule has 1 fully saturated rings. The van der Waals surface area contributed by atoms with Gasteiger partial charge in [-0.2, -0.15) is 0 Å². The van der Waals surface area contributed by atoms with E-state index in [0.717, 1.165) is 0 Å². The van der Waals surface area contributed by atoms with Gasteiger partial charge in [-0.25, -0.2) is 4.79 Å². The second-order valence-electron chi connectivity index (χ2n) is 3.62. The first-order chi connectivity index (χ1) is 8.04. The molecule has 0 bridgehead atoms. The second-order valence-corrected chi connectivity index (χ2v) is 3.62. The summed E-state index contributed by atoms with van der Waals surface area (Å²) in [5.74, 6) is -0.109. The van der Waals surface area contributed by atoms with E-state index in [2.05, 4.69) is 0 Å². The first kappa shape index (κ1) is 16.4. The SMILES string of the molecule is CCOC(=O)c1ccc(N)cc1.Cl.NC1CC1=O. The number of ether oxygens (including phenoxy) is 1. The Morgan fingerprint density at radius 2 is 1.83 bits per heavy atom. The monoisotopic (exact) mass is 272 g/mol. The van der Waals surface area contributed by atoms with E-state index in [-0.39, 0.29) is 30.2 Å². The first-order valence-electron chi connectivity index (χ1n) is 5.35. The van der Waals surface area contributed by atoms with Crippen molar-refractivity contribution in [3.8, 4) is 0 Å². The highest BCUT2D eigenvalue weighted by molar-refractivity contribution is 5.99. The zero-order valence-electron chi connectivity index (χ0n) is 10.1. The summed E-state index contributed by atoms with van der Waals surface area (Å²) in [6.45, 7) is 2.17. The minimum absolute atomic E-state index is 0. The Balaban J connectivity index is 0.000000405. The number of rotatable bonds is 2. The number of ketones is 1. The third-order valence-corrected chi connectivity index (χ3v) is 2.10. The minimum atomic E-state index is -0.308. The normalized spacial score (nSPS) is 15.9. The third-order valence-electron chi connectivity index (χ3n) is 2.10. The molecular weight excluding hydrogens is 256 g/mol. The van der Waals surface area contributed by atoms with Crippen LogP contribution in [0.15, 0.2) is 24.3 Å². The molecule has 1 unspecified atom stereocenters. The average molecular weight is 273 g/mol. The van der Waals surface area contributed by atoms with Crippen LogP contribution in [0.3, 0.4) is 0 Å². The fourth-order valence-electron chi connectivity index (χ4n) is 0.991. The number of anilines is 1. The van der Waals surface area contributed by atoms with Gasteiger partial charge in [0.1, 0.15) is 0 Å². The maximum atomic E-state index is 11.1. The highest BCUT2D eigenvalue weighted by Gasteiger charge is 2.29. The second kappa shape index (κ2) is 7.68. The van der Waals surface area contributed by atoms with Crippen molar-refractivity contribution in [2.45, 2.75) is 19.4 Å². The van der Waals surface area contributed by atoms with Gasteiger partial charge in [0.15, 0.2) is 5.78 Å². The predicted molar refractivity (Wildman–Crippen MR) is 71.7 cm³/mol. The molecule has 2 rings (SSSR count). The van der Waals surface area contributed by atoms with Gasteiger partial charge in [-0.05, 0) is 31.2 Å². The van der Waals surface area contributed by atoms with Gasteiger partial charge in [0.25, 0.3) is 0 Å². The summed E-state index contributed by atoms with van der Waals surface area (Å²) in [6.07, 6.45) is 0.611. The molecular formula is C12H17ClN2O3. The van der Waals surface area contributed by atoms with Gasteiger partial charge in [-0.1, -0.05) is 0 Å². The van der Waals surface area contributed by atoms with Crippen LogP contribution in [-0.4, -0.2) is 24.4 Å². The quantitative estimate of drug-likeness (QED) is 0.622. The molecule has 0 spiro atoms. The number of esters is 1. The van der Waals surface area contributed by atoms with E-state index in [1.54, 1.807) is 31.2 Å². The number of halogens is 1. The molecule has 1 aliphatic rings. The number of nitrogens with two attached hydrogens (primary N) is 2. The Hall–Kier alpha value is -1.59. The topological polar surface area (TPSA) is 95.4 Å². The van der Waals surface area contributed by atoms with Crippen molar-refractivity contribution >= 4 is 29.8 Å². The molecule has 0 aliphatic heterocycles. The lowest BCUT2D eigenvalue weighted by Gasteiger charge is -2.00. The zero-order valence-corrected chi connectivity index (χ0v) is 10.9. The highest BCUT2D eigenvalue weighted by atomic mass is 35.5. The van der Waals surface area contributed by atoms with Crippen LogP contribution >= 0.6 is 12.4 Å². The Morgan fingerprint density at radius 1 is 1.39 bits per heavy atom. The van der Waals surface area contributed by atoms with Crippen LogP contribution in [0.25, 0.3) is 0 Å². The van der Waals surface area contributed by atoms with Crippen LogP contribution < -0.4 is 11.5 Å². The third kappa shape index (κ3) is 5.65. The number of carbonyl (C=O) groups is 2. The summed E-state index contributed by atoms with van der Waals surface area (Å²) in [5.41, 5.74) is 11.6. The van der Waals surface area contributed by atoms with Crippen LogP contribution in [-0.2, 0) is 9.53 Å². The van der Waals surface area contributed by atoms with Crippen LogP contribution in [0.5, 0.6) is 0 Å². The van der Waals surface area contributed by atoms with Crippen molar-refractivity contribution in [3.63, 3.8) is 0 Å². The van der Waals surface area contributed by atoms with Crippen LogP contribution in [0, 0.1) is 0 Å². The molecule has 0 amide bonds. The van der Waals surface area contributed by atoms with Crippen molar-refractivity contribution < 1.29 is 14.3 Å². The lowest BCUT2D eigenvalue weighted by atomic mass is 10.2. The molecule has 100 valence electrons. The van der Waals surface area contributed by atoms with E-state index in [1.807, 2.05) is 0 Å². The van der Waals surface area contributed by atoms with Crippen molar-refractivity contribution in [1.29, 1.82) is 0 Å². The summed E-state index contributed by atoms with van der Waals surface area (Å²) in [6, 6.07) is 6.55. The standard InChI is InChI=1S/C9H11NO2.C3H5NO.ClH/c1-2-12-9(11)7-3-5-8(10)6-4-7;4-2-1-3(2)5;/h3-6H,2,10H2,1H3;2H,1,4H2;1H. The molecule has 0 heterocycles. The average Bonchev–Trinajstić information content (AvgIpc) is 2.94. The van der Waals surface area contributed by atoms with Gasteiger partial charge in [0.05, 0.1) is 18.2 Å². The molecule has 4 N–H and O–H groups in total. The Labute approximate surface area is 112 Å². The van der Waals surface area contributed by atoms with Crippen molar-refractivity contribution in [1.82, 2.24) is 0 Å². The molecule has 0 aromatic heterocycles. The van der Waals surface area contributed by atoms with Gasteiger partial charge >= 0.3 is 5.97 Å². The van der Waals surface area contributed by atoms with E-state index < -0.39 is 0 Å². The number of Topliss-reactive ketones (excluding diaryl/α,β-unsaturated/α-hetero) is 1. The molecule has 5 nitrogen and oxygen atoms in total. The lowest BCUT2D eigenvalue weighted by Crippen LogP contribution is -2.04. The fourth-order valence-corrected chi connectivity index (χ4v) is 0.991. The van der Waals surface area contributed by atoms with Gasteiger partial charge in [-0.15, -0.1) is 12.4 Å². The summed E-state index contributed by atoms with van der Waals surface area (Å²) in [7, 11) is 0. The fraction of sp³-hybridized carbons (Fsp3) is 0.333. The molecule has 1 saturated carbocycles. The van der Waals surface area contributed by atoms with Gasteiger partial charge in [0.2, 0.25) is 0 Å². The van der Waals surface area contributed by atoms with Crippen LogP contribution in [0.2, 0.25) is 0 Å². The number of hydrogen-bond acceptors (Lipinski definition) is 5. The number of benzene rings is 1. The first-order valence-corrected chi connectivity index (χ1v) is 5.35. The lowest BCUT2D eigenvalue weighted by molar-refractivity contribution is -0.110. The summed E-state index contributed by atoms with van der Waals surface area (Å²) in [5, 5.41) is 0. The maximum absolute atomic E-state index is 11.1. The zero-order chi connectivity index (χ0) is 12.8. The minimum Gasteiger partial charge on any atom is -0.462 e. The van der Waals surface area contributed by atoms with Gasteiger partial charge in [-0.3, -0.25) is 4.79 Å². The van der Waals surface area contributed by atoms with Crippen molar-refractivity contribution in [2.75, 3.05) is 12.3 Å². The van der Waals surface area contributed by atoms with Crippen molar-refractivity contribution in [2.24, 2.45) is 5.73 Å². The van der Waals surface area contributed by atoms with Crippen molar-refractivity contribution in [3.05, 3.63) is 29.8 Å². The molecule has 0 radical (unpaired) electrons. The molecule has 1 aromatic carbocycles. The molecule has 1 aromatic rings. The van der Waals surface area contributed by atoms with Crippen LogP contribution in [0.4, 0.5) is 5.69 Å². The summed E-state index contributed by atoms with van der Waals surface area (Å²) >= 11 is 0. The van der Waals surface area contributed by atoms with E-state index >= 15 is 0 Å². The molecule has 1 atom stereocenters. The highest BCUT2D eigenvalue weighted by Crippen LogP contribution is 2.08. The molecule has 18 heavy (non-hydrogen) atoms.